The molecule has 10 heteroatoms. The molecule has 0 saturated carbocycles. The van der Waals surface area contributed by atoms with Crippen LogP contribution in [0.2, 0.25) is 0 Å². The lowest BCUT2D eigenvalue weighted by Gasteiger charge is -2.26. The minimum Gasteiger partial charge on any atom is -0.459 e. The summed E-state index contributed by atoms with van der Waals surface area (Å²) in [6.45, 7) is 8.53. The fourth-order valence-electron chi connectivity index (χ4n) is 2.93. The molecular weight excluding hydrogens is 459 g/mol. The molecule has 0 aliphatic rings. The molecule has 0 radical (unpaired) electrons. The minimum absolute atomic E-state index is 0.00605. The van der Waals surface area contributed by atoms with E-state index >= 15 is 0 Å². The number of benzene rings is 1. The molecule has 1 heterocycles. The molecule has 0 unspecified atom stereocenters. The Kier molecular flexibility index (Phi) is 8.18. The number of carbonyl (C=O) groups excluding carboxylic acids is 3. The van der Waals surface area contributed by atoms with Gasteiger partial charge in [0.15, 0.2) is 0 Å². The first-order valence-electron chi connectivity index (χ1n) is 10.7. The third-order valence-electron chi connectivity index (χ3n) is 4.14. The van der Waals surface area contributed by atoms with Gasteiger partial charge in [-0.05, 0) is 65.8 Å². The molecule has 35 heavy (non-hydrogen) atoms. The van der Waals surface area contributed by atoms with Crippen molar-refractivity contribution in [2.75, 3.05) is 13.1 Å². The van der Waals surface area contributed by atoms with Crippen molar-refractivity contribution in [1.29, 1.82) is 5.26 Å². The van der Waals surface area contributed by atoms with Gasteiger partial charge in [0.25, 0.3) is 5.91 Å². The molecule has 2 rings (SSSR count). The zero-order valence-corrected chi connectivity index (χ0v) is 20.4. The molecular formula is C25H27FN2O7. The number of nitriles is 1. The van der Waals surface area contributed by atoms with E-state index in [1.54, 1.807) is 47.6 Å². The lowest BCUT2D eigenvalue weighted by Crippen LogP contribution is -2.43. The third-order valence-corrected chi connectivity index (χ3v) is 4.14. The molecule has 0 atom stereocenters. The van der Waals surface area contributed by atoms with Crippen LogP contribution in [0.25, 0.3) is 17.0 Å². The number of amides is 1. The van der Waals surface area contributed by atoms with Crippen molar-refractivity contribution in [3.8, 4) is 6.07 Å². The molecule has 9 nitrogen and oxygen atoms in total. The zero-order valence-electron chi connectivity index (χ0n) is 20.4. The Morgan fingerprint density at radius 1 is 1.03 bits per heavy atom. The first-order valence-corrected chi connectivity index (χ1v) is 10.7. The average Bonchev–Trinajstić information content (AvgIpc) is 2.68. The van der Waals surface area contributed by atoms with E-state index in [-0.39, 0.29) is 11.1 Å². The summed E-state index contributed by atoms with van der Waals surface area (Å²) in [6.07, 6.45) is 0.980. The molecule has 0 fully saturated rings. The zero-order chi connectivity index (χ0) is 26.6. The topological polar surface area (TPSA) is 127 Å². The van der Waals surface area contributed by atoms with E-state index in [4.69, 9.17) is 13.9 Å². The molecule has 186 valence electrons. The van der Waals surface area contributed by atoms with Gasteiger partial charge in [-0.2, -0.15) is 5.26 Å². The number of esters is 2. The third kappa shape index (κ3) is 8.37. The highest BCUT2D eigenvalue weighted by molar-refractivity contribution is 6.04. The summed E-state index contributed by atoms with van der Waals surface area (Å²) in [6, 6.07) is 6.58. The van der Waals surface area contributed by atoms with Crippen molar-refractivity contribution in [1.82, 2.24) is 4.90 Å². The summed E-state index contributed by atoms with van der Waals surface area (Å²) in [5.74, 6) is -3.21. The van der Waals surface area contributed by atoms with Crippen LogP contribution < -0.4 is 5.63 Å². The number of ether oxygens (including phenoxy) is 2. The highest BCUT2D eigenvalue weighted by atomic mass is 19.1. The van der Waals surface area contributed by atoms with Crippen LogP contribution in [0.5, 0.6) is 0 Å². The first kappa shape index (κ1) is 27.2. The predicted molar refractivity (Wildman–Crippen MR) is 124 cm³/mol. The number of rotatable bonds is 6. The first-order chi connectivity index (χ1) is 16.1. The van der Waals surface area contributed by atoms with Crippen LogP contribution in [0.3, 0.4) is 0 Å². The summed E-state index contributed by atoms with van der Waals surface area (Å²) in [4.78, 5) is 51.0. The Morgan fingerprint density at radius 3 is 2.06 bits per heavy atom. The largest absolute Gasteiger partial charge is 0.459 e. The van der Waals surface area contributed by atoms with E-state index in [1.165, 1.54) is 12.1 Å². The van der Waals surface area contributed by atoms with E-state index in [0.717, 1.165) is 23.1 Å². The second-order valence-electron chi connectivity index (χ2n) is 9.68. The molecule has 2 aromatic rings. The number of hydrogen-bond acceptors (Lipinski definition) is 8. The SMILES string of the molecule is CC(C)(C)OC(=O)CN(CC(=O)OC(C)(C)C)C(=O)/C(C#N)=C/c1cc2ccc(F)cc2oc1=O. The van der Waals surface area contributed by atoms with Crippen molar-refractivity contribution in [3.05, 3.63) is 51.6 Å². The maximum Gasteiger partial charge on any atom is 0.343 e. The standard InChI is InChI=1S/C25H27FN2O7/c1-24(2,3)34-20(29)13-28(14-21(30)35-25(4,5)6)22(31)17(12-27)10-16-9-15-7-8-18(26)11-19(15)33-23(16)32/h7-11H,13-14H2,1-6H3/b17-10+. The molecule has 1 aromatic carbocycles. The van der Waals surface area contributed by atoms with E-state index in [9.17, 15) is 28.8 Å². The molecule has 0 aliphatic heterocycles. The van der Waals surface area contributed by atoms with Crippen molar-refractivity contribution in [3.63, 3.8) is 0 Å². The average molecular weight is 486 g/mol. The van der Waals surface area contributed by atoms with E-state index in [0.29, 0.717) is 5.39 Å². The summed E-state index contributed by atoms with van der Waals surface area (Å²) in [5, 5.41) is 9.97. The van der Waals surface area contributed by atoms with Crippen molar-refractivity contribution in [2.45, 2.75) is 52.7 Å². The van der Waals surface area contributed by atoms with Crippen LogP contribution in [-0.4, -0.2) is 47.0 Å². The fourth-order valence-corrected chi connectivity index (χ4v) is 2.93. The summed E-state index contributed by atoms with van der Waals surface area (Å²) >= 11 is 0. The monoisotopic (exact) mass is 486 g/mol. The normalized spacial score (nSPS) is 12.1. The number of carbonyl (C=O) groups is 3. The molecule has 0 bridgehead atoms. The lowest BCUT2D eigenvalue weighted by molar-refractivity contribution is -0.163. The predicted octanol–water partition coefficient (Wildman–Crippen LogP) is 3.35. The molecule has 1 aromatic heterocycles. The Labute approximate surface area is 201 Å². The number of halogens is 1. The minimum atomic E-state index is -0.997. The van der Waals surface area contributed by atoms with Gasteiger partial charge < -0.3 is 18.8 Å². The van der Waals surface area contributed by atoms with Gasteiger partial charge in [0.1, 0.15) is 47.3 Å². The van der Waals surface area contributed by atoms with Crippen LogP contribution in [0.1, 0.15) is 47.1 Å². The Bertz CT molecular complexity index is 1240. The Hall–Kier alpha value is -4.00. The van der Waals surface area contributed by atoms with Gasteiger partial charge in [-0.1, -0.05) is 0 Å². The van der Waals surface area contributed by atoms with Crippen LogP contribution in [0.15, 0.2) is 39.1 Å². The van der Waals surface area contributed by atoms with Crippen molar-refractivity contribution >= 4 is 34.9 Å². The number of fused-ring (bicyclic) bond motifs is 1. The van der Waals surface area contributed by atoms with Crippen LogP contribution in [0.4, 0.5) is 4.39 Å². The van der Waals surface area contributed by atoms with Crippen molar-refractivity contribution < 1.29 is 32.7 Å². The molecule has 0 N–H and O–H groups in total. The highest BCUT2D eigenvalue weighted by Crippen LogP contribution is 2.17. The van der Waals surface area contributed by atoms with Crippen LogP contribution in [-0.2, 0) is 23.9 Å². The van der Waals surface area contributed by atoms with Crippen LogP contribution >= 0.6 is 0 Å². The summed E-state index contributed by atoms with van der Waals surface area (Å²) < 4.78 is 28.9. The van der Waals surface area contributed by atoms with Gasteiger partial charge in [0, 0.05) is 11.5 Å². The van der Waals surface area contributed by atoms with E-state index < -0.39 is 59.2 Å². The number of hydrogen-bond donors (Lipinski definition) is 0. The fraction of sp³-hybridized carbons (Fsp3) is 0.400. The quantitative estimate of drug-likeness (QED) is 0.263. The maximum absolute atomic E-state index is 13.4. The van der Waals surface area contributed by atoms with Crippen LogP contribution in [0, 0.1) is 17.1 Å². The Morgan fingerprint density at radius 2 is 1.57 bits per heavy atom. The van der Waals surface area contributed by atoms with Gasteiger partial charge in [0.2, 0.25) is 0 Å². The number of nitrogens with zero attached hydrogens (tertiary/aromatic N) is 2. The second kappa shape index (κ2) is 10.5. The van der Waals surface area contributed by atoms with Gasteiger partial charge in [0.05, 0.1) is 5.56 Å². The maximum atomic E-state index is 13.4. The Balaban J connectivity index is 2.42. The summed E-state index contributed by atoms with van der Waals surface area (Å²) in [5.41, 5.74) is -3.30. The second-order valence-corrected chi connectivity index (χ2v) is 9.68. The lowest BCUT2D eigenvalue weighted by atomic mass is 10.1. The van der Waals surface area contributed by atoms with Crippen molar-refractivity contribution in [2.24, 2.45) is 0 Å². The van der Waals surface area contributed by atoms with Gasteiger partial charge in [-0.15, -0.1) is 0 Å². The van der Waals surface area contributed by atoms with E-state index in [2.05, 4.69) is 0 Å². The van der Waals surface area contributed by atoms with Gasteiger partial charge >= 0.3 is 17.6 Å². The molecule has 1 amide bonds. The summed E-state index contributed by atoms with van der Waals surface area (Å²) in [7, 11) is 0. The smallest absolute Gasteiger partial charge is 0.343 e. The molecule has 0 aliphatic carbocycles. The van der Waals surface area contributed by atoms with Gasteiger partial charge in [-0.25, -0.2) is 9.18 Å². The highest BCUT2D eigenvalue weighted by Gasteiger charge is 2.28. The van der Waals surface area contributed by atoms with E-state index in [1.807, 2.05) is 0 Å². The molecule has 0 saturated heterocycles. The molecule has 0 spiro atoms. The van der Waals surface area contributed by atoms with Gasteiger partial charge in [-0.3, -0.25) is 14.4 Å².